The van der Waals surface area contributed by atoms with Crippen LogP contribution in [0.25, 0.3) is 0 Å². The maximum atomic E-state index is 12.2. The van der Waals surface area contributed by atoms with Crippen molar-refractivity contribution < 1.29 is 9.53 Å². The van der Waals surface area contributed by atoms with Gasteiger partial charge < -0.3 is 4.74 Å². The quantitative estimate of drug-likeness (QED) is 0.669. The summed E-state index contributed by atoms with van der Waals surface area (Å²) >= 11 is 0. The molecule has 0 aromatic heterocycles. The van der Waals surface area contributed by atoms with Gasteiger partial charge in [0.2, 0.25) is 0 Å². The first-order valence-electron chi connectivity index (χ1n) is 8.77. The third-order valence-corrected chi connectivity index (χ3v) is 5.62. The number of hydrogen-bond acceptors (Lipinski definition) is 2. The third-order valence-electron chi connectivity index (χ3n) is 5.62. The van der Waals surface area contributed by atoms with Crippen molar-refractivity contribution in [2.75, 3.05) is 0 Å². The molecule has 0 N–H and O–H groups in total. The predicted octanol–water partition coefficient (Wildman–Crippen LogP) is 5.10. The highest BCUT2D eigenvalue weighted by Gasteiger charge is 2.45. The Morgan fingerprint density at radius 1 is 0.900 bits per heavy atom. The van der Waals surface area contributed by atoms with Crippen molar-refractivity contribution >= 4 is 5.97 Å². The van der Waals surface area contributed by atoms with Gasteiger partial charge in [0.15, 0.2) is 0 Å². The molecule has 2 saturated carbocycles. The second-order valence-electron chi connectivity index (χ2n) is 7.43. The van der Waals surface area contributed by atoms with Crippen molar-refractivity contribution in [1.82, 2.24) is 0 Å². The van der Waals surface area contributed by atoms with Gasteiger partial charge in [0.25, 0.3) is 0 Å². The fraction of sp³-hybridized carbons (Fsp3) is 0.944. The molecule has 0 spiro atoms. The molecule has 0 aromatic rings. The van der Waals surface area contributed by atoms with Crippen LogP contribution in [0.4, 0.5) is 0 Å². The molecule has 0 aromatic carbocycles. The molecule has 0 atom stereocenters. The van der Waals surface area contributed by atoms with Crippen molar-refractivity contribution in [3.63, 3.8) is 0 Å². The third kappa shape index (κ3) is 3.56. The van der Waals surface area contributed by atoms with Crippen molar-refractivity contribution in [2.24, 2.45) is 17.8 Å². The molecule has 2 aliphatic rings. The Balaban J connectivity index is 2.14. The van der Waals surface area contributed by atoms with Crippen LogP contribution in [0.3, 0.4) is 0 Å². The summed E-state index contributed by atoms with van der Waals surface area (Å²) in [6.45, 7) is 6.15. The fourth-order valence-corrected chi connectivity index (χ4v) is 4.19. The average Bonchev–Trinajstić information content (AvgIpc) is 2.48. The maximum Gasteiger partial charge on any atom is 0.308 e. The van der Waals surface area contributed by atoms with E-state index in [1.807, 2.05) is 13.8 Å². The maximum absolute atomic E-state index is 12.2. The molecule has 2 heteroatoms. The molecule has 0 aliphatic heterocycles. The molecule has 0 unspecified atom stereocenters. The van der Waals surface area contributed by atoms with E-state index in [4.69, 9.17) is 4.74 Å². The summed E-state index contributed by atoms with van der Waals surface area (Å²) in [5.74, 6) is 1.16. The van der Waals surface area contributed by atoms with E-state index in [0.717, 1.165) is 0 Å². The Bertz CT molecular complexity index is 291. The number of hydrogen-bond donors (Lipinski definition) is 0. The zero-order chi connectivity index (χ0) is 14.6. The highest BCUT2D eigenvalue weighted by molar-refractivity contribution is 5.72. The summed E-state index contributed by atoms with van der Waals surface area (Å²) < 4.78 is 6.14. The van der Waals surface area contributed by atoms with Gasteiger partial charge in [-0.25, -0.2) is 0 Å². The molecule has 0 radical (unpaired) electrons. The first kappa shape index (κ1) is 15.9. The Kier molecular flexibility index (Phi) is 5.51. The van der Waals surface area contributed by atoms with E-state index >= 15 is 0 Å². The molecule has 2 rings (SSSR count). The van der Waals surface area contributed by atoms with Gasteiger partial charge in [0.1, 0.15) is 5.60 Å². The van der Waals surface area contributed by atoms with E-state index in [-0.39, 0.29) is 17.5 Å². The normalized spacial score (nSPS) is 23.0. The lowest BCUT2D eigenvalue weighted by atomic mass is 9.67. The minimum atomic E-state index is -0.206. The Morgan fingerprint density at radius 2 is 1.30 bits per heavy atom. The monoisotopic (exact) mass is 280 g/mol. The first-order valence-corrected chi connectivity index (χ1v) is 8.77. The van der Waals surface area contributed by atoms with Crippen LogP contribution in [0.5, 0.6) is 0 Å². The Hall–Kier alpha value is -0.530. The van der Waals surface area contributed by atoms with Gasteiger partial charge in [-0.15, -0.1) is 0 Å². The standard InChI is InChI=1S/C18H32O2/c1-14(2)17(19)20-18(3,15-10-6-4-7-11-15)16-12-8-5-9-13-16/h14-16H,4-13H2,1-3H3. The summed E-state index contributed by atoms with van der Waals surface area (Å²) in [5, 5.41) is 0. The van der Waals surface area contributed by atoms with Gasteiger partial charge in [0, 0.05) is 0 Å². The predicted molar refractivity (Wildman–Crippen MR) is 82.5 cm³/mol. The fourth-order valence-electron chi connectivity index (χ4n) is 4.19. The number of carbonyl (C=O) groups excluding carboxylic acids is 1. The van der Waals surface area contributed by atoms with Gasteiger partial charge in [-0.2, -0.15) is 0 Å². The molecule has 2 aliphatic carbocycles. The second kappa shape index (κ2) is 6.95. The highest BCUT2D eigenvalue weighted by atomic mass is 16.6. The minimum absolute atomic E-state index is 0.00338. The van der Waals surface area contributed by atoms with E-state index in [9.17, 15) is 4.79 Å². The van der Waals surface area contributed by atoms with Crippen LogP contribution in [-0.4, -0.2) is 11.6 Å². The summed E-state index contributed by atoms with van der Waals surface area (Å²) in [4.78, 5) is 12.2. The summed E-state index contributed by atoms with van der Waals surface area (Å²) in [7, 11) is 0. The van der Waals surface area contributed by atoms with Gasteiger partial charge in [-0.1, -0.05) is 52.4 Å². The molecule has 20 heavy (non-hydrogen) atoms. The zero-order valence-corrected chi connectivity index (χ0v) is 13.6. The molecule has 0 amide bonds. The smallest absolute Gasteiger partial charge is 0.308 e. The summed E-state index contributed by atoms with van der Waals surface area (Å²) in [5.41, 5.74) is -0.206. The molecule has 2 nitrogen and oxygen atoms in total. The van der Waals surface area contributed by atoms with Crippen LogP contribution < -0.4 is 0 Å². The molecule has 2 fully saturated rings. The van der Waals surface area contributed by atoms with Crippen LogP contribution in [0.1, 0.15) is 85.0 Å². The van der Waals surface area contributed by atoms with Gasteiger partial charge >= 0.3 is 5.97 Å². The van der Waals surface area contributed by atoms with Crippen LogP contribution in [0.15, 0.2) is 0 Å². The number of carbonyl (C=O) groups is 1. The molecular weight excluding hydrogens is 248 g/mol. The number of rotatable bonds is 4. The highest BCUT2D eigenvalue weighted by Crippen LogP contribution is 2.45. The lowest BCUT2D eigenvalue weighted by molar-refractivity contribution is -0.180. The SMILES string of the molecule is CC(C)C(=O)OC(C)(C1CCCCC1)C1CCCCC1. The molecule has 0 saturated heterocycles. The molecular formula is C18H32O2. The van der Waals surface area contributed by atoms with Gasteiger partial charge in [-0.3, -0.25) is 4.79 Å². The molecule has 0 heterocycles. The van der Waals surface area contributed by atoms with E-state index in [2.05, 4.69) is 6.92 Å². The van der Waals surface area contributed by atoms with Gasteiger partial charge in [0.05, 0.1) is 5.92 Å². The Labute approximate surface area is 124 Å². The van der Waals surface area contributed by atoms with Crippen molar-refractivity contribution in [3.05, 3.63) is 0 Å². The summed E-state index contributed by atoms with van der Waals surface area (Å²) in [6.07, 6.45) is 13.0. The number of ether oxygens (including phenoxy) is 1. The first-order chi connectivity index (χ1) is 9.54. The van der Waals surface area contributed by atoms with E-state index in [1.165, 1.54) is 64.2 Å². The lowest BCUT2D eigenvalue weighted by Gasteiger charge is -2.46. The average molecular weight is 280 g/mol. The largest absolute Gasteiger partial charge is 0.459 e. The second-order valence-corrected chi connectivity index (χ2v) is 7.43. The van der Waals surface area contributed by atoms with Crippen LogP contribution >= 0.6 is 0 Å². The van der Waals surface area contributed by atoms with E-state index in [0.29, 0.717) is 11.8 Å². The Morgan fingerprint density at radius 3 is 1.65 bits per heavy atom. The minimum Gasteiger partial charge on any atom is -0.459 e. The van der Waals surface area contributed by atoms with E-state index < -0.39 is 0 Å². The van der Waals surface area contributed by atoms with Gasteiger partial charge in [-0.05, 0) is 44.4 Å². The zero-order valence-electron chi connectivity index (χ0n) is 13.6. The van der Waals surface area contributed by atoms with Crippen molar-refractivity contribution in [1.29, 1.82) is 0 Å². The van der Waals surface area contributed by atoms with Crippen LogP contribution in [0, 0.1) is 17.8 Å². The topological polar surface area (TPSA) is 26.3 Å². The molecule has 0 bridgehead atoms. The van der Waals surface area contributed by atoms with Crippen molar-refractivity contribution in [2.45, 2.75) is 90.6 Å². The van der Waals surface area contributed by atoms with Crippen LogP contribution in [-0.2, 0) is 9.53 Å². The summed E-state index contributed by atoms with van der Waals surface area (Å²) in [6, 6.07) is 0. The van der Waals surface area contributed by atoms with E-state index in [1.54, 1.807) is 0 Å². The molecule has 116 valence electrons. The lowest BCUT2D eigenvalue weighted by Crippen LogP contribution is -2.48. The van der Waals surface area contributed by atoms with Crippen LogP contribution in [0.2, 0.25) is 0 Å². The number of esters is 1. The van der Waals surface area contributed by atoms with Crippen molar-refractivity contribution in [3.8, 4) is 0 Å².